The summed E-state index contributed by atoms with van der Waals surface area (Å²) >= 11 is 0. The number of likely N-dealkylation sites (tertiary alicyclic amines) is 1. The zero-order valence-corrected chi connectivity index (χ0v) is 14.9. The van der Waals surface area contributed by atoms with E-state index in [0.29, 0.717) is 25.2 Å². The van der Waals surface area contributed by atoms with Gasteiger partial charge in [0.25, 0.3) is 0 Å². The van der Waals surface area contributed by atoms with Gasteiger partial charge in [-0.05, 0) is 39.2 Å². The average Bonchev–Trinajstić information content (AvgIpc) is 2.47. The van der Waals surface area contributed by atoms with Crippen molar-refractivity contribution in [2.45, 2.75) is 63.9 Å². The Hall–Kier alpha value is -1.59. The van der Waals surface area contributed by atoms with Crippen LogP contribution in [0.5, 0.6) is 0 Å². The molecule has 132 valence electrons. The van der Waals surface area contributed by atoms with Crippen LogP contribution in [0.3, 0.4) is 0 Å². The molecule has 2 unspecified atom stereocenters. The van der Waals surface area contributed by atoms with Crippen molar-refractivity contribution in [1.29, 1.82) is 0 Å². The number of ether oxygens (including phenoxy) is 1. The van der Waals surface area contributed by atoms with Crippen LogP contribution in [-0.4, -0.2) is 52.7 Å². The molecule has 5 nitrogen and oxygen atoms in total. The average molecular weight is 331 g/mol. The number of hydrogen-bond donors (Lipinski definition) is 1. The van der Waals surface area contributed by atoms with E-state index in [1.807, 2.05) is 31.7 Å². The zero-order chi connectivity index (χ0) is 17.3. The lowest BCUT2D eigenvalue weighted by Gasteiger charge is -2.51. The van der Waals surface area contributed by atoms with Gasteiger partial charge in [0, 0.05) is 37.8 Å². The quantitative estimate of drug-likeness (QED) is 0.905. The predicted molar refractivity (Wildman–Crippen MR) is 94.6 cm³/mol. The molecule has 1 aromatic rings. The summed E-state index contributed by atoms with van der Waals surface area (Å²) in [5.41, 5.74) is 7.10. The van der Waals surface area contributed by atoms with Crippen molar-refractivity contribution in [3.63, 3.8) is 0 Å². The van der Waals surface area contributed by atoms with Crippen molar-refractivity contribution in [1.82, 2.24) is 9.80 Å². The van der Waals surface area contributed by atoms with Crippen LogP contribution < -0.4 is 5.73 Å². The third-order valence-electron chi connectivity index (χ3n) is 4.81. The SMILES string of the molecule is CC(C)(C)OC(=O)N1CC2CC(N)CC(C1)N2Cc1ccccc1. The van der Waals surface area contributed by atoms with Crippen LogP contribution in [0, 0.1) is 0 Å². The van der Waals surface area contributed by atoms with Crippen LogP contribution in [0.15, 0.2) is 30.3 Å². The maximum atomic E-state index is 12.4. The van der Waals surface area contributed by atoms with E-state index in [4.69, 9.17) is 10.5 Å². The third-order valence-corrected chi connectivity index (χ3v) is 4.81. The Balaban J connectivity index is 1.70. The number of amides is 1. The Labute approximate surface area is 144 Å². The Morgan fingerprint density at radius 3 is 2.29 bits per heavy atom. The maximum absolute atomic E-state index is 12.4. The summed E-state index contributed by atoms with van der Waals surface area (Å²) in [5, 5.41) is 0. The molecule has 1 amide bonds. The van der Waals surface area contributed by atoms with E-state index in [1.165, 1.54) is 5.56 Å². The summed E-state index contributed by atoms with van der Waals surface area (Å²) in [6, 6.07) is 11.4. The normalized spacial score (nSPS) is 27.8. The first-order valence-electron chi connectivity index (χ1n) is 8.85. The second kappa shape index (κ2) is 6.73. The summed E-state index contributed by atoms with van der Waals surface area (Å²) < 4.78 is 5.56. The highest BCUT2D eigenvalue weighted by molar-refractivity contribution is 5.68. The Morgan fingerprint density at radius 1 is 1.17 bits per heavy atom. The fraction of sp³-hybridized carbons (Fsp3) is 0.632. The molecule has 2 bridgehead atoms. The molecular formula is C19H29N3O2. The minimum absolute atomic E-state index is 0.202. The number of rotatable bonds is 2. The van der Waals surface area contributed by atoms with Gasteiger partial charge in [-0.15, -0.1) is 0 Å². The summed E-state index contributed by atoms with van der Waals surface area (Å²) in [5.74, 6) is 0. The van der Waals surface area contributed by atoms with Gasteiger partial charge in [-0.2, -0.15) is 0 Å². The van der Waals surface area contributed by atoms with Gasteiger partial charge in [-0.25, -0.2) is 4.79 Å². The van der Waals surface area contributed by atoms with Crippen LogP contribution in [-0.2, 0) is 11.3 Å². The molecule has 0 saturated carbocycles. The van der Waals surface area contributed by atoms with Crippen LogP contribution >= 0.6 is 0 Å². The minimum Gasteiger partial charge on any atom is -0.444 e. The monoisotopic (exact) mass is 331 g/mol. The summed E-state index contributed by atoms with van der Waals surface area (Å²) in [6.45, 7) is 8.05. The second-order valence-electron chi connectivity index (χ2n) is 8.08. The minimum atomic E-state index is -0.455. The second-order valence-corrected chi connectivity index (χ2v) is 8.08. The fourth-order valence-corrected chi connectivity index (χ4v) is 3.83. The first-order valence-corrected chi connectivity index (χ1v) is 8.85. The van der Waals surface area contributed by atoms with E-state index in [-0.39, 0.29) is 12.1 Å². The van der Waals surface area contributed by atoms with Gasteiger partial charge < -0.3 is 15.4 Å². The first kappa shape index (κ1) is 17.2. The largest absolute Gasteiger partial charge is 0.444 e. The molecule has 0 aliphatic carbocycles. The third kappa shape index (κ3) is 4.08. The van der Waals surface area contributed by atoms with Crippen LogP contribution in [0.2, 0.25) is 0 Å². The van der Waals surface area contributed by atoms with Crippen LogP contribution in [0.4, 0.5) is 4.79 Å². The molecule has 2 heterocycles. The Morgan fingerprint density at radius 2 is 1.75 bits per heavy atom. The van der Waals surface area contributed by atoms with Crippen molar-refractivity contribution in [2.75, 3.05) is 13.1 Å². The predicted octanol–water partition coefficient (Wildman–Crippen LogP) is 2.60. The standard InChI is InChI=1S/C19H29N3O2/c1-19(2,3)24-18(23)21-12-16-9-15(20)10-17(13-21)22(16)11-14-7-5-4-6-8-14/h4-8,15-17H,9-13,20H2,1-3H3. The first-order chi connectivity index (χ1) is 11.3. The van der Waals surface area contributed by atoms with E-state index >= 15 is 0 Å². The number of fused-ring (bicyclic) bond motifs is 2. The van der Waals surface area contributed by atoms with Gasteiger partial charge in [0.2, 0.25) is 0 Å². The van der Waals surface area contributed by atoms with E-state index in [2.05, 4.69) is 29.2 Å². The molecule has 2 saturated heterocycles. The molecule has 2 aliphatic rings. The van der Waals surface area contributed by atoms with E-state index in [1.54, 1.807) is 0 Å². The summed E-state index contributed by atoms with van der Waals surface area (Å²) in [7, 11) is 0. The molecular weight excluding hydrogens is 302 g/mol. The van der Waals surface area contributed by atoms with Gasteiger partial charge in [-0.1, -0.05) is 30.3 Å². The number of piperazine rings is 1. The molecule has 24 heavy (non-hydrogen) atoms. The molecule has 0 spiro atoms. The number of piperidine rings is 1. The van der Waals surface area contributed by atoms with Crippen molar-refractivity contribution >= 4 is 6.09 Å². The van der Waals surface area contributed by atoms with Crippen LogP contribution in [0.25, 0.3) is 0 Å². The molecule has 1 aromatic carbocycles. The molecule has 0 radical (unpaired) electrons. The van der Waals surface area contributed by atoms with Crippen LogP contribution in [0.1, 0.15) is 39.2 Å². The molecule has 2 N–H and O–H groups in total. The summed E-state index contributed by atoms with van der Waals surface area (Å²) in [4.78, 5) is 16.8. The number of benzene rings is 1. The van der Waals surface area contributed by atoms with Gasteiger partial charge in [-0.3, -0.25) is 4.90 Å². The Kier molecular flexibility index (Phi) is 4.83. The molecule has 2 fully saturated rings. The number of hydrogen-bond acceptors (Lipinski definition) is 4. The van der Waals surface area contributed by atoms with Crippen molar-refractivity contribution in [3.05, 3.63) is 35.9 Å². The van der Waals surface area contributed by atoms with E-state index < -0.39 is 5.60 Å². The number of nitrogens with zero attached hydrogens (tertiary/aromatic N) is 2. The molecule has 0 aromatic heterocycles. The van der Waals surface area contributed by atoms with Crippen molar-refractivity contribution < 1.29 is 9.53 Å². The topological polar surface area (TPSA) is 58.8 Å². The van der Waals surface area contributed by atoms with E-state index in [9.17, 15) is 4.79 Å². The number of nitrogens with two attached hydrogens (primary N) is 1. The smallest absolute Gasteiger partial charge is 0.410 e. The maximum Gasteiger partial charge on any atom is 0.410 e. The van der Waals surface area contributed by atoms with Crippen molar-refractivity contribution in [2.24, 2.45) is 5.73 Å². The molecule has 2 aliphatic heterocycles. The van der Waals surface area contributed by atoms with Gasteiger partial charge in [0.15, 0.2) is 0 Å². The van der Waals surface area contributed by atoms with E-state index in [0.717, 1.165) is 19.4 Å². The van der Waals surface area contributed by atoms with Crippen molar-refractivity contribution in [3.8, 4) is 0 Å². The van der Waals surface area contributed by atoms with Gasteiger partial charge in [0.1, 0.15) is 5.60 Å². The highest BCUT2D eigenvalue weighted by Crippen LogP contribution is 2.30. The molecule has 3 rings (SSSR count). The lowest BCUT2D eigenvalue weighted by Crippen LogP contribution is -2.64. The highest BCUT2D eigenvalue weighted by Gasteiger charge is 2.42. The Bertz CT molecular complexity index is 554. The lowest BCUT2D eigenvalue weighted by molar-refractivity contribution is -0.0370. The van der Waals surface area contributed by atoms with Gasteiger partial charge in [0.05, 0.1) is 0 Å². The molecule has 5 heteroatoms. The number of carbonyl (C=O) groups is 1. The zero-order valence-electron chi connectivity index (χ0n) is 14.9. The highest BCUT2D eigenvalue weighted by atomic mass is 16.6. The number of carbonyl (C=O) groups excluding carboxylic acids is 1. The summed E-state index contributed by atoms with van der Waals surface area (Å²) in [6.07, 6.45) is 1.66. The fourth-order valence-electron chi connectivity index (χ4n) is 3.83. The molecule has 2 atom stereocenters. The lowest BCUT2D eigenvalue weighted by atomic mass is 9.87. The van der Waals surface area contributed by atoms with Gasteiger partial charge >= 0.3 is 6.09 Å².